The van der Waals surface area contributed by atoms with Gasteiger partial charge >= 0.3 is 6.18 Å². The lowest BCUT2D eigenvalue weighted by molar-refractivity contribution is -0.138. The van der Waals surface area contributed by atoms with Crippen molar-refractivity contribution in [1.29, 1.82) is 0 Å². The fourth-order valence-electron chi connectivity index (χ4n) is 2.79. The van der Waals surface area contributed by atoms with E-state index in [1.165, 1.54) is 34.4 Å². The van der Waals surface area contributed by atoms with Crippen LogP contribution in [0, 0.1) is 0 Å². The van der Waals surface area contributed by atoms with Crippen molar-refractivity contribution in [3.8, 4) is 10.7 Å². The topological polar surface area (TPSA) is 59.2 Å². The number of carbonyl (C=O) groups is 1. The van der Waals surface area contributed by atoms with Crippen LogP contribution in [0.15, 0.2) is 46.3 Å². The molecule has 1 amide bonds. The molecule has 1 aliphatic heterocycles. The van der Waals surface area contributed by atoms with Gasteiger partial charge in [0.05, 0.1) is 21.9 Å². The number of benzene rings is 1. The van der Waals surface area contributed by atoms with Crippen LogP contribution in [-0.4, -0.2) is 34.0 Å². The third-order valence-electron chi connectivity index (χ3n) is 4.16. The molecule has 2 aromatic heterocycles. The summed E-state index contributed by atoms with van der Waals surface area (Å²) in [7, 11) is 0. The Morgan fingerprint density at radius 1 is 1.19 bits per heavy atom. The standard InChI is InChI=1S/C17H12F3N3O2S/c18-17(19,20)12-5-2-1-4-11(12)16(24)23-8-10(9-23)15-21-14(22-25-15)13-6-3-7-26-13/h1-7,10H,8-9H2. The minimum Gasteiger partial charge on any atom is -0.339 e. The number of carbonyl (C=O) groups excluding carboxylic acids is 1. The fourth-order valence-corrected chi connectivity index (χ4v) is 3.44. The summed E-state index contributed by atoms with van der Waals surface area (Å²) < 4.78 is 44.4. The molecule has 5 nitrogen and oxygen atoms in total. The van der Waals surface area contributed by atoms with Gasteiger partial charge in [-0.1, -0.05) is 23.4 Å². The molecule has 0 radical (unpaired) electrons. The molecule has 0 aliphatic carbocycles. The van der Waals surface area contributed by atoms with Crippen molar-refractivity contribution >= 4 is 17.2 Å². The van der Waals surface area contributed by atoms with Gasteiger partial charge in [0.1, 0.15) is 0 Å². The van der Waals surface area contributed by atoms with Gasteiger partial charge in [-0.25, -0.2) is 0 Å². The van der Waals surface area contributed by atoms with E-state index in [1.54, 1.807) is 0 Å². The summed E-state index contributed by atoms with van der Waals surface area (Å²) in [6.07, 6.45) is -4.57. The van der Waals surface area contributed by atoms with Crippen molar-refractivity contribution in [1.82, 2.24) is 15.0 Å². The normalized spacial score (nSPS) is 15.1. The van der Waals surface area contributed by atoms with E-state index >= 15 is 0 Å². The van der Waals surface area contributed by atoms with E-state index < -0.39 is 17.6 Å². The Hall–Kier alpha value is -2.68. The second kappa shape index (κ2) is 6.24. The van der Waals surface area contributed by atoms with Crippen molar-refractivity contribution in [3.63, 3.8) is 0 Å². The van der Waals surface area contributed by atoms with Crippen LogP contribution in [0.4, 0.5) is 13.2 Å². The largest absolute Gasteiger partial charge is 0.417 e. The van der Waals surface area contributed by atoms with Crippen LogP contribution in [0.1, 0.15) is 27.7 Å². The SMILES string of the molecule is O=C(c1ccccc1C(F)(F)F)N1CC(c2nc(-c3cccs3)no2)C1. The van der Waals surface area contributed by atoms with Crippen LogP contribution in [0.3, 0.4) is 0 Å². The zero-order valence-electron chi connectivity index (χ0n) is 13.2. The van der Waals surface area contributed by atoms with Crippen LogP contribution in [0.2, 0.25) is 0 Å². The Morgan fingerprint density at radius 3 is 2.65 bits per heavy atom. The van der Waals surface area contributed by atoms with Gasteiger partial charge in [0.25, 0.3) is 5.91 Å². The van der Waals surface area contributed by atoms with Crippen LogP contribution in [-0.2, 0) is 6.18 Å². The average molecular weight is 379 g/mol. The molecular weight excluding hydrogens is 367 g/mol. The molecule has 134 valence electrons. The van der Waals surface area contributed by atoms with Crippen molar-refractivity contribution < 1.29 is 22.5 Å². The number of alkyl halides is 3. The van der Waals surface area contributed by atoms with E-state index in [4.69, 9.17) is 4.52 Å². The predicted molar refractivity (Wildman–Crippen MR) is 87.7 cm³/mol. The van der Waals surface area contributed by atoms with Crippen molar-refractivity contribution in [2.75, 3.05) is 13.1 Å². The summed E-state index contributed by atoms with van der Waals surface area (Å²) in [5, 5.41) is 5.80. The number of amides is 1. The number of aromatic nitrogens is 2. The zero-order valence-corrected chi connectivity index (χ0v) is 14.0. The lowest BCUT2D eigenvalue weighted by atomic mass is 9.97. The zero-order chi connectivity index (χ0) is 18.3. The summed E-state index contributed by atoms with van der Waals surface area (Å²) in [5.74, 6) is 0.0501. The first-order valence-corrected chi connectivity index (χ1v) is 8.64. The summed E-state index contributed by atoms with van der Waals surface area (Å²) in [4.78, 5) is 19.0. The number of rotatable bonds is 3. The fraction of sp³-hybridized carbons (Fsp3) is 0.235. The second-order valence-electron chi connectivity index (χ2n) is 5.88. The van der Waals surface area contributed by atoms with Crippen molar-refractivity contribution in [2.45, 2.75) is 12.1 Å². The Kier molecular flexibility index (Phi) is 4.03. The molecule has 1 aliphatic rings. The van der Waals surface area contributed by atoms with Gasteiger partial charge in [0.2, 0.25) is 11.7 Å². The maximum Gasteiger partial charge on any atom is 0.417 e. The van der Waals surface area contributed by atoms with Gasteiger partial charge in [0.15, 0.2) is 0 Å². The molecule has 3 heterocycles. The maximum absolute atomic E-state index is 13.1. The first kappa shape index (κ1) is 16.8. The molecule has 0 saturated carbocycles. The van der Waals surface area contributed by atoms with Gasteiger partial charge < -0.3 is 9.42 Å². The molecule has 1 saturated heterocycles. The molecule has 1 fully saturated rings. The Balaban J connectivity index is 1.46. The maximum atomic E-state index is 13.1. The number of halogens is 3. The van der Waals surface area contributed by atoms with Gasteiger partial charge in [-0.15, -0.1) is 11.3 Å². The van der Waals surface area contributed by atoms with Gasteiger partial charge in [0, 0.05) is 13.1 Å². The number of hydrogen-bond donors (Lipinski definition) is 0. The molecule has 1 aromatic carbocycles. The Labute approximate surface area is 150 Å². The van der Waals surface area contributed by atoms with E-state index in [1.807, 2.05) is 17.5 Å². The van der Waals surface area contributed by atoms with E-state index in [2.05, 4.69) is 10.1 Å². The summed E-state index contributed by atoms with van der Waals surface area (Å²) in [6, 6.07) is 8.53. The highest BCUT2D eigenvalue weighted by molar-refractivity contribution is 7.13. The van der Waals surface area contributed by atoms with Gasteiger partial charge in [-0.3, -0.25) is 4.79 Å². The molecule has 0 atom stereocenters. The first-order chi connectivity index (χ1) is 12.4. The van der Waals surface area contributed by atoms with E-state index in [0.29, 0.717) is 11.7 Å². The molecule has 0 spiro atoms. The van der Waals surface area contributed by atoms with Crippen LogP contribution < -0.4 is 0 Å². The number of thiophene rings is 1. The summed E-state index contributed by atoms with van der Waals surface area (Å²) in [5.41, 5.74) is -1.27. The molecule has 0 N–H and O–H groups in total. The first-order valence-electron chi connectivity index (χ1n) is 7.76. The Bertz CT molecular complexity index is 931. The highest BCUT2D eigenvalue weighted by Crippen LogP contribution is 2.35. The average Bonchev–Trinajstić information content (AvgIpc) is 3.24. The van der Waals surface area contributed by atoms with E-state index in [9.17, 15) is 18.0 Å². The van der Waals surface area contributed by atoms with Crippen LogP contribution >= 0.6 is 11.3 Å². The molecule has 0 unspecified atom stereocenters. The smallest absolute Gasteiger partial charge is 0.339 e. The molecule has 3 aromatic rings. The highest BCUT2D eigenvalue weighted by atomic mass is 32.1. The summed E-state index contributed by atoms with van der Waals surface area (Å²) >= 11 is 1.48. The summed E-state index contributed by atoms with van der Waals surface area (Å²) in [6.45, 7) is 0.494. The quantitative estimate of drug-likeness (QED) is 0.689. The molecular formula is C17H12F3N3O2S. The van der Waals surface area contributed by atoms with Crippen LogP contribution in [0.5, 0.6) is 0 Å². The van der Waals surface area contributed by atoms with Gasteiger partial charge in [-0.05, 0) is 23.6 Å². The third kappa shape index (κ3) is 2.98. The number of hydrogen-bond acceptors (Lipinski definition) is 5. The second-order valence-corrected chi connectivity index (χ2v) is 6.83. The van der Waals surface area contributed by atoms with Gasteiger partial charge in [-0.2, -0.15) is 18.2 Å². The lowest BCUT2D eigenvalue weighted by Gasteiger charge is -2.37. The van der Waals surface area contributed by atoms with Crippen molar-refractivity contribution in [2.24, 2.45) is 0 Å². The third-order valence-corrected chi connectivity index (χ3v) is 5.03. The minimum absolute atomic E-state index is 0.168. The minimum atomic E-state index is -4.57. The predicted octanol–water partition coefficient (Wildman–Crippen LogP) is 4.06. The highest BCUT2D eigenvalue weighted by Gasteiger charge is 2.40. The molecule has 9 heteroatoms. The van der Waals surface area contributed by atoms with E-state index in [-0.39, 0.29) is 24.6 Å². The lowest BCUT2D eigenvalue weighted by Crippen LogP contribution is -2.49. The monoisotopic (exact) mass is 379 g/mol. The van der Waals surface area contributed by atoms with E-state index in [0.717, 1.165) is 10.9 Å². The number of nitrogens with zero attached hydrogens (tertiary/aromatic N) is 3. The number of likely N-dealkylation sites (tertiary alicyclic amines) is 1. The molecule has 0 bridgehead atoms. The molecule has 26 heavy (non-hydrogen) atoms. The van der Waals surface area contributed by atoms with Crippen LogP contribution in [0.25, 0.3) is 10.7 Å². The Morgan fingerprint density at radius 2 is 1.96 bits per heavy atom. The van der Waals surface area contributed by atoms with Crippen molar-refractivity contribution in [3.05, 3.63) is 58.8 Å². The molecule has 4 rings (SSSR count).